The Morgan fingerprint density at radius 1 is 1.32 bits per heavy atom. The molecule has 7 heteroatoms. The van der Waals surface area contributed by atoms with E-state index in [1.165, 1.54) is 16.8 Å². The topological polar surface area (TPSA) is 94.9 Å². The number of aromatic nitrogens is 3. The molecule has 0 fully saturated rings. The molecule has 0 unspecified atom stereocenters. The minimum absolute atomic E-state index is 0.119. The minimum Gasteiger partial charge on any atom is -0.308 e. The summed E-state index contributed by atoms with van der Waals surface area (Å²) in [4.78, 5) is 28.0. The first-order chi connectivity index (χ1) is 9.15. The molecule has 0 radical (unpaired) electrons. The van der Waals surface area contributed by atoms with Crippen LogP contribution in [0.5, 0.6) is 0 Å². The van der Waals surface area contributed by atoms with E-state index in [4.69, 9.17) is 5.84 Å². The maximum atomic E-state index is 12.0. The Labute approximate surface area is 109 Å². The number of anilines is 1. The van der Waals surface area contributed by atoms with Crippen molar-refractivity contribution in [2.45, 2.75) is 20.0 Å². The number of nitrogens with two attached hydrogens (primary N) is 1. The van der Waals surface area contributed by atoms with Crippen LogP contribution >= 0.6 is 0 Å². The average Bonchev–Trinajstić information content (AvgIpc) is 2.44. The van der Waals surface area contributed by atoms with E-state index in [9.17, 15) is 9.59 Å². The van der Waals surface area contributed by atoms with Crippen LogP contribution in [0.4, 0.5) is 5.82 Å². The molecule has 0 saturated heterocycles. The van der Waals surface area contributed by atoms with Crippen LogP contribution < -0.4 is 22.5 Å². The standard InChI is InChI=1S/C12H15N5O2/c1-2-16-7-6-11(18)17(12(16)19)8-9-4-3-5-10(14-9)15-13/h3-7H,2,8,13H2,1H3,(H,14,15). The maximum absolute atomic E-state index is 12.0. The van der Waals surface area contributed by atoms with E-state index in [0.717, 1.165) is 4.57 Å². The van der Waals surface area contributed by atoms with Crippen molar-refractivity contribution in [1.82, 2.24) is 14.1 Å². The van der Waals surface area contributed by atoms with Gasteiger partial charge in [0.05, 0.1) is 12.2 Å². The van der Waals surface area contributed by atoms with Gasteiger partial charge in [-0.3, -0.25) is 9.36 Å². The second kappa shape index (κ2) is 5.49. The number of nitrogen functional groups attached to an aromatic ring is 1. The summed E-state index contributed by atoms with van der Waals surface area (Å²) in [6.45, 7) is 2.47. The van der Waals surface area contributed by atoms with E-state index in [1.807, 2.05) is 6.92 Å². The summed E-state index contributed by atoms with van der Waals surface area (Å²) < 4.78 is 2.61. The van der Waals surface area contributed by atoms with Gasteiger partial charge in [-0.05, 0) is 19.1 Å². The van der Waals surface area contributed by atoms with Gasteiger partial charge in [-0.2, -0.15) is 0 Å². The van der Waals surface area contributed by atoms with E-state index >= 15 is 0 Å². The van der Waals surface area contributed by atoms with Crippen LogP contribution in [0.25, 0.3) is 0 Å². The molecule has 2 rings (SSSR count). The molecule has 2 aromatic rings. The van der Waals surface area contributed by atoms with Gasteiger partial charge < -0.3 is 9.99 Å². The molecule has 0 atom stereocenters. The Morgan fingerprint density at radius 3 is 2.79 bits per heavy atom. The highest BCUT2D eigenvalue weighted by molar-refractivity contribution is 5.33. The zero-order valence-electron chi connectivity index (χ0n) is 10.5. The van der Waals surface area contributed by atoms with Crippen LogP contribution in [0.15, 0.2) is 40.1 Å². The summed E-state index contributed by atoms with van der Waals surface area (Å²) in [5.74, 6) is 5.75. The summed E-state index contributed by atoms with van der Waals surface area (Å²) in [6.07, 6.45) is 1.49. The third kappa shape index (κ3) is 2.71. The van der Waals surface area contributed by atoms with Crippen molar-refractivity contribution < 1.29 is 0 Å². The lowest BCUT2D eigenvalue weighted by Crippen LogP contribution is -2.39. The summed E-state index contributed by atoms with van der Waals surface area (Å²) >= 11 is 0. The van der Waals surface area contributed by atoms with E-state index < -0.39 is 0 Å². The van der Waals surface area contributed by atoms with Gasteiger partial charge in [0, 0.05) is 18.8 Å². The molecule has 0 spiro atoms. The second-order valence-corrected chi connectivity index (χ2v) is 3.97. The third-order valence-electron chi connectivity index (χ3n) is 2.76. The number of hydrogen-bond donors (Lipinski definition) is 2. The van der Waals surface area contributed by atoms with Crippen LogP contribution in [0, 0.1) is 0 Å². The summed E-state index contributed by atoms with van der Waals surface area (Å²) in [5.41, 5.74) is 2.32. The van der Waals surface area contributed by atoms with Crippen molar-refractivity contribution in [2.24, 2.45) is 5.84 Å². The molecule has 2 aromatic heterocycles. The van der Waals surface area contributed by atoms with Crippen molar-refractivity contribution >= 4 is 5.82 Å². The first kappa shape index (κ1) is 13.0. The highest BCUT2D eigenvalue weighted by Gasteiger charge is 2.06. The van der Waals surface area contributed by atoms with Gasteiger partial charge in [-0.15, -0.1) is 0 Å². The highest BCUT2D eigenvalue weighted by Crippen LogP contribution is 2.03. The van der Waals surface area contributed by atoms with Crippen LogP contribution in [0.2, 0.25) is 0 Å². The Kier molecular flexibility index (Phi) is 3.76. The second-order valence-electron chi connectivity index (χ2n) is 3.97. The largest absolute Gasteiger partial charge is 0.331 e. The number of hydrazine groups is 1. The summed E-state index contributed by atoms with van der Waals surface area (Å²) in [7, 11) is 0. The average molecular weight is 261 g/mol. The number of nitrogens with one attached hydrogen (secondary N) is 1. The number of pyridine rings is 1. The van der Waals surface area contributed by atoms with Gasteiger partial charge in [-0.1, -0.05) is 6.07 Å². The number of hydrogen-bond acceptors (Lipinski definition) is 5. The molecular formula is C12H15N5O2. The molecular weight excluding hydrogens is 246 g/mol. The minimum atomic E-state index is -0.345. The Bertz CT molecular complexity index is 689. The van der Waals surface area contributed by atoms with Crippen LogP contribution in [-0.4, -0.2) is 14.1 Å². The van der Waals surface area contributed by atoms with Crippen molar-refractivity contribution in [1.29, 1.82) is 0 Å². The van der Waals surface area contributed by atoms with E-state index in [2.05, 4.69) is 10.4 Å². The highest BCUT2D eigenvalue weighted by atomic mass is 16.2. The van der Waals surface area contributed by atoms with Gasteiger partial charge in [0.1, 0.15) is 5.82 Å². The van der Waals surface area contributed by atoms with Crippen molar-refractivity contribution in [2.75, 3.05) is 5.43 Å². The zero-order valence-corrected chi connectivity index (χ0v) is 10.5. The summed E-state index contributed by atoms with van der Waals surface area (Å²) in [6, 6.07) is 6.55. The lowest BCUT2D eigenvalue weighted by molar-refractivity contribution is 0.595. The molecule has 0 aliphatic rings. The van der Waals surface area contributed by atoms with Gasteiger partial charge in [-0.25, -0.2) is 15.6 Å². The maximum Gasteiger partial charge on any atom is 0.331 e. The quantitative estimate of drug-likeness (QED) is 0.585. The third-order valence-corrected chi connectivity index (χ3v) is 2.76. The normalized spacial score (nSPS) is 10.4. The van der Waals surface area contributed by atoms with Crippen LogP contribution in [0.3, 0.4) is 0 Å². The van der Waals surface area contributed by atoms with Gasteiger partial charge >= 0.3 is 5.69 Å². The molecule has 0 amide bonds. The fourth-order valence-electron chi connectivity index (χ4n) is 1.75. The zero-order chi connectivity index (χ0) is 13.8. The van der Waals surface area contributed by atoms with Crippen molar-refractivity contribution in [3.8, 4) is 0 Å². The molecule has 0 aliphatic heterocycles. The smallest absolute Gasteiger partial charge is 0.308 e. The summed E-state index contributed by atoms with van der Waals surface area (Å²) in [5, 5.41) is 0. The first-order valence-corrected chi connectivity index (χ1v) is 5.88. The Morgan fingerprint density at radius 2 is 2.11 bits per heavy atom. The fraction of sp³-hybridized carbons (Fsp3) is 0.250. The number of aryl methyl sites for hydroxylation is 1. The SMILES string of the molecule is CCn1ccc(=O)n(Cc2cccc(NN)n2)c1=O. The molecule has 0 aliphatic carbocycles. The number of rotatable bonds is 4. The van der Waals surface area contributed by atoms with E-state index in [1.54, 1.807) is 18.2 Å². The molecule has 0 bridgehead atoms. The molecule has 7 nitrogen and oxygen atoms in total. The van der Waals surface area contributed by atoms with Gasteiger partial charge in [0.15, 0.2) is 0 Å². The predicted octanol–water partition coefficient (Wildman–Crippen LogP) is -0.241. The lowest BCUT2D eigenvalue weighted by atomic mass is 10.3. The fourth-order valence-corrected chi connectivity index (χ4v) is 1.75. The molecule has 0 aromatic carbocycles. The molecule has 2 heterocycles. The van der Waals surface area contributed by atoms with Crippen LogP contribution in [-0.2, 0) is 13.1 Å². The van der Waals surface area contributed by atoms with Crippen molar-refractivity contribution in [3.63, 3.8) is 0 Å². The van der Waals surface area contributed by atoms with E-state index in [-0.39, 0.29) is 17.8 Å². The lowest BCUT2D eigenvalue weighted by Gasteiger charge is -2.08. The number of nitrogens with zero attached hydrogens (tertiary/aromatic N) is 3. The Hall–Kier alpha value is -2.41. The van der Waals surface area contributed by atoms with Crippen molar-refractivity contribution in [3.05, 3.63) is 57.0 Å². The molecule has 100 valence electrons. The predicted molar refractivity (Wildman–Crippen MR) is 71.8 cm³/mol. The van der Waals surface area contributed by atoms with E-state index in [0.29, 0.717) is 18.1 Å². The molecule has 19 heavy (non-hydrogen) atoms. The van der Waals surface area contributed by atoms with Gasteiger partial charge in [0.2, 0.25) is 0 Å². The van der Waals surface area contributed by atoms with Gasteiger partial charge in [0.25, 0.3) is 5.56 Å². The van der Waals surface area contributed by atoms with Crippen LogP contribution in [0.1, 0.15) is 12.6 Å². The first-order valence-electron chi connectivity index (χ1n) is 5.88. The Balaban J connectivity index is 2.43. The monoisotopic (exact) mass is 261 g/mol. The molecule has 3 N–H and O–H groups in total. The molecule has 0 saturated carbocycles.